The molecular weight excluding hydrogens is 368 g/mol. The summed E-state index contributed by atoms with van der Waals surface area (Å²) in [5, 5.41) is 5.99. The monoisotopic (exact) mass is 398 g/mol. The van der Waals surface area contributed by atoms with E-state index < -0.39 is 0 Å². The smallest absolute Gasteiger partial charge is 0.0736 e. The van der Waals surface area contributed by atoms with Crippen LogP contribution < -0.4 is 5.32 Å². The van der Waals surface area contributed by atoms with Crippen LogP contribution in [-0.4, -0.2) is 23.7 Å². The second kappa shape index (κ2) is 7.86. The van der Waals surface area contributed by atoms with E-state index in [1.807, 2.05) is 23.6 Å². The molecule has 1 aliphatic carbocycles. The van der Waals surface area contributed by atoms with Gasteiger partial charge in [0.15, 0.2) is 0 Å². The highest BCUT2D eigenvalue weighted by atomic mass is 32.1. The van der Waals surface area contributed by atoms with Gasteiger partial charge in [0, 0.05) is 35.3 Å². The summed E-state index contributed by atoms with van der Waals surface area (Å²) >= 11 is 1.87. The predicted molar refractivity (Wildman–Crippen MR) is 111 cm³/mol. The Bertz CT molecular complexity index is 800. The third-order valence-corrected chi connectivity index (χ3v) is 8.09. The molecule has 5 heteroatoms. The first-order valence-electron chi connectivity index (χ1n) is 10.7. The van der Waals surface area contributed by atoms with E-state index in [1.54, 1.807) is 0 Å². The molecule has 1 saturated carbocycles. The van der Waals surface area contributed by atoms with Crippen LogP contribution in [0.15, 0.2) is 29.8 Å². The van der Waals surface area contributed by atoms with E-state index in [0.717, 1.165) is 52.2 Å². The number of ether oxygens (including phenoxy) is 2. The predicted octanol–water partition coefficient (Wildman–Crippen LogP) is 4.71. The first-order valence-corrected chi connectivity index (χ1v) is 11.6. The van der Waals surface area contributed by atoms with Gasteiger partial charge in [0.25, 0.3) is 0 Å². The van der Waals surface area contributed by atoms with Gasteiger partial charge in [-0.25, -0.2) is 0 Å². The summed E-state index contributed by atoms with van der Waals surface area (Å²) in [6.45, 7) is 4.40. The molecule has 2 aliphatic heterocycles. The van der Waals surface area contributed by atoms with Crippen molar-refractivity contribution in [2.75, 3.05) is 13.2 Å². The number of pyridine rings is 1. The number of fused-ring (bicyclic) bond motifs is 1. The lowest BCUT2D eigenvalue weighted by Gasteiger charge is -2.46. The van der Waals surface area contributed by atoms with Crippen molar-refractivity contribution in [2.45, 2.75) is 75.7 Å². The Morgan fingerprint density at radius 1 is 1.14 bits per heavy atom. The number of hydrogen-bond acceptors (Lipinski definition) is 5. The van der Waals surface area contributed by atoms with Crippen molar-refractivity contribution >= 4 is 11.3 Å². The van der Waals surface area contributed by atoms with Gasteiger partial charge in [0.1, 0.15) is 0 Å². The summed E-state index contributed by atoms with van der Waals surface area (Å²) in [5.41, 5.74) is 4.31. The van der Waals surface area contributed by atoms with Crippen LogP contribution in [0.1, 0.15) is 66.6 Å². The highest BCUT2D eigenvalue weighted by Crippen LogP contribution is 2.49. The van der Waals surface area contributed by atoms with Gasteiger partial charge in [-0.1, -0.05) is 18.9 Å². The molecule has 150 valence electrons. The molecule has 1 spiro atoms. The van der Waals surface area contributed by atoms with Crippen molar-refractivity contribution in [1.82, 2.24) is 10.3 Å². The number of aromatic nitrogens is 1. The third kappa shape index (κ3) is 3.54. The van der Waals surface area contributed by atoms with Crippen LogP contribution in [-0.2, 0) is 34.6 Å². The van der Waals surface area contributed by atoms with E-state index in [1.165, 1.54) is 47.4 Å². The first kappa shape index (κ1) is 18.7. The fraction of sp³-hybridized carbons (Fsp3) is 0.609. The van der Waals surface area contributed by atoms with Crippen molar-refractivity contribution in [1.29, 1.82) is 0 Å². The molecule has 3 aliphatic rings. The molecule has 0 bridgehead atoms. The summed E-state index contributed by atoms with van der Waals surface area (Å²) in [7, 11) is 0. The Morgan fingerprint density at radius 3 is 2.93 bits per heavy atom. The Balaban J connectivity index is 1.28. The molecule has 2 fully saturated rings. The fourth-order valence-corrected chi connectivity index (χ4v) is 6.51. The largest absolute Gasteiger partial charge is 0.375 e. The molecular formula is C23H30N2O2S. The van der Waals surface area contributed by atoms with Gasteiger partial charge in [0.05, 0.1) is 18.8 Å². The normalized spacial score (nSPS) is 26.0. The van der Waals surface area contributed by atoms with Crippen LogP contribution in [0.3, 0.4) is 0 Å². The van der Waals surface area contributed by atoms with Crippen molar-refractivity contribution in [3.05, 3.63) is 51.5 Å². The van der Waals surface area contributed by atoms with E-state index >= 15 is 0 Å². The minimum absolute atomic E-state index is 0.0989. The molecule has 0 aromatic carbocycles. The lowest BCUT2D eigenvalue weighted by atomic mass is 9.68. The maximum absolute atomic E-state index is 6.36. The average Bonchev–Trinajstić information content (AvgIpc) is 3.45. The SMILES string of the molecule is c1ccc([C@]2(CCNCc3scc4c3COC4)CCOC3(CCCC3)C2)nc1. The van der Waals surface area contributed by atoms with E-state index in [9.17, 15) is 0 Å². The standard InChI is InChI=1S/C23H30N2O2S/c1-4-10-25-21(5-1)22(9-12-27-23(17-22)6-2-3-7-23)8-11-24-13-20-19-15-26-14-18(19)16-28-20/h1,4-5,10,16,24H,2-3,6-9,11-15,17H2/t22-/m1/s1. The molecule has 5 rings (SSSR count). The van der Waals surface area contributed by atoms with Gasteiger partial charge in [-0.3, -0.25) is 4.98 Å². The Morgan fingerprint density at radius 2 is 2.07 bits per heavy atom. The molecule has 2 aromatic rings. The van der Waals surface area contributed by atoms with Crippen LogP contribution >= 0.6 is 11.3 Å². The van der Waals surface area contributed by atoms with E-state index in [2.05, 4.69) is 22.8 Å². The van der Waals surface area contributed by atoms with Crippen LogP contribution in [0, 0.1) is 0 Å². The molecule has 0 unspecified atom stereocenters. The summed E-state index contributed by atoms with van der Waals surface area (Å²) in [4.78, 5) is 6.25. The van der Waals surface area contributed by atoms with Gasteiger partial charge < -0.3 is 14.8 Å². The summed E-state index contributed by atoms with van der Waals surface area (Å²) in [6.07, 6.45) is 10.3. The van der Waals surface area contributed by atoms with Crippen LogP contribution in [0.4, 0.5) is 0 Å². The molecule has 2 aromatic heterocycles. The van der Waals surface area contributed by atoms with E-state index in [4.69, 9.17) is 14.5 Å². The minimum Gasteiger partial charge on any atom is -0.375 e. The van der Waals surface area contributed by atoms with Gasteiger partial charge in [0.2, 0.25) is 0 Å². The van der Waals surface area contributed by atoms with Gasteiger partial charge in [-0.15, -0.1) is 11.3 Å². The lowest BCUT2D eigenvalue weighted by molar-refractivity contribution is -0.104. The summed E-state index contributed by atoms with van der Waals surface area (Å²) < 4.78 is 11.9. The number of thiophene rings is 1. The van der Waals surface area contributed by atoms with E-state index in [-0.39, 0.29) is 11.0 Å². The van der Waals surface area contributed by atoms with Crippen molar-refractivity contribution < 1.29 is 9.47 Å². The summed E-state index contributed by atoms with van der Waals surface area (Å²) in [5.74, 6) is 0. The van der Waals surface area contributed by atoms with Crippen molar-refractivity contribution in [2.24, 2.45) is 0 Å². The molecule has 4 heterocycles. The van der Waals surface area contributed by atoms with Gasteiger partial charge >= 0.3 is 0 Å². The summed E-state index contributed by atoms with van der Waals surface area (Å²) in [6, 6.07) is 6.40. The molecule has 1 atom stereocenters. The van der Waals surface area contributed by atoms with Gasteiger partial charge in [-0.2, -0.15) is 0 Å². The molecule has 1 saturated heterocycles. The van der Waals surface area contributed by atoms with Crippen molar-refractivity contribution in [3.63, 3.8) is 0 Å². The Kier molecular flexibility index (Phi) is 5.26. The fourth-order valence-electron chi connectivity index (χ4n) is 5.49. The van der Waals surface area contributed by atoms with Gasteiger partial charge in [-0.05, 0) is 67.3 Å². The topological polar surface area (TPSA) is 43.4 Å². The average molecular weight is 399 g/mol. The van der Waals surface area contributed by atoms with Crippen LogP contribution in [0.25, 0.3) is 0 Å². The molecule has 0 amide bonds. The lowest BCUT2D eigenvalue weighted by Crippen LogP contribution is -2.47. The van der Waals surface area contributed by atoms with Crippen LogP contribution in [0.2, 0.25) is 0 Å². The Hall–Kier alpha value is -1.27. The molecule has 28 heavy (non-hydrogen) atoms. The number of nitrogens with one attached hydrogen (secondary N) is 1. The molecule has 0 radical (unpaired) electrons. The number of rotatable bonds is 6. The second-order valence-electron chi connectivity index (χ2n) is 8.74. The Labute approximate surface area is 171 Å². The van der Waals surface area contributed by atoms with Crippen molar-refractivity contribution in [3.8, 4) is 0 Å². The quantitative estimate of drug-likeness (QED) is 0.716. The van der Waals surface area contributed by atoms with E-state index in [0.29, 0.717) is 0 Å². The molecule has 4 nitrogen and oxygen atoms in total. The number of hydrogen-bond donors (Lipinski definition) is 1. The maximum Gasteiger partial charge on any atom is 0.0736 e. The second-order valence-corrected chi connectivity index (χ2v) is 9.71. The zero-order valence-electron chi connectivity index (χ0n) is 16.5. The zero-order valence-corrected chi connectivity index (χ0v) is 17.4. The minimum atomic E-state index is 0.0989. The zero-order chi connectivity index (χ0) is 18.9. The van der Waals surface area contributed by atoms with Crippen LogP contribution in [0.5, 0.6) is 0 Å². The maximum atomic E-state index is 6.36. The third-order valence-electron chi connectivity index (χ3n) is 7.01. The first-order chi connectivity index (χ1) is 13.8. The number of nitrogens with zero attached hydrogens (tertiary/aromatic N) is 1. The molecule has 1 N–H and O–H groups in total. The highest BCUT2D eigenvalue weighted by molar-refractivity contribution is 7.10. The highest BCUT2D eigenvalue weighted by Gasteiger charge is 2.48.